The van der Waals surface area contributed by atoms with Gasteiger partial charge in [0.1, 0.15) is 17.3 Å². The van der Waals surface area contributed by atoms with Crippen LogP contribution < -0.4 is 15.8 Å². The predicted octanol–water partition coefficient (Wildman–Crippen LogP) is 2.95. The molecule has 0 radical (unpaired) electrons. The zero-order valence-electron chi connectivity index (χ0n) is 11.1. The van der Waals surface area contributed by atoms with E-state index in [-0.39, 0.29) is 37.5 Å². The van der Waals surface area contributed by atoms with Crippen LogP contribution in [0.5, 0.6) is 5.75 Å². The normalized spacial score (nSPS) is 16.8. The molecule has 3 N–H and O–H groups in total. The Bertz CT molecular complexity index is 509. The maximum atomic E-state index is 12.0. The number of hydrogen-bond acceptors (Lipinski definition) is 4. The van der Waals surface area contributed by atoms with E-state index in [1.165, 1.54) is 0 Å². The summed E-state index contributed by atoms with van der Waals surface area (Å²) in [5.74, 6) is 0.939. The zero-order chi connectivity index (χ0) is 14.0. The van der Waals surface area contributed by atoms with Crippen LogP contribution in [0, 0.1) is 0 Å². The van der Waals surface area contributed by atoms with Gasteiger partial charge >= 0.3 is 6.18 Å². The van der Waals surface area contributed by atoms with Gasteiger partial charge in [0.25, 0.3) is 0 Å². The Morgan fingerprint density at radius 3 is 2.62 bits per heavy atom. The molecular formula is C12H16Cl2F3N3O. The second kappa shape index (κ2) is 7.72. The summed E-state index contributed by atoms with van der Waals surface area (Å²) in [6.07, 6.45) is -4.50. The summed E-state index contributed by atoms with van der Waals surface area (Å²) in [6.45, 7) is 0.862. The highest BCUT2D eigenvalue weighted by Crippen LogP contribution is 2.32. The Balaban J connectivity index is 0.00000200. The number of rotatable bonds is 3. The van der Waals surface area contributed by atoms with Crippen LogP contribution in [0.2, 0.25) is 0 Å². The van der Waals surface area contributed by atoms with E-state index in [0.29, 0.717) is 22.8 Å². The lowest BCUT2D eigenvalue weighted by Gasteiger charge is -2.21. The number of nitrogens with zero attached hydrogens (tertiary/aromatic N) is 1. The van der Waals surface area contributed by atoms with E-state index in [9.17, 15) is 13.2 Å². The molecule has 9 heteroatoms. The van der Waals surface area contributed by atoms with Crippen LogP contribution >= 0.6 is 24.8 Å². The highest BCUT2D eigenvalue weighted by atomic mass is 35.5. The number of benzene rings is 1. The van der Waals surface area contributed by atoms with Crippen LogP contribution in [0.3, 0.4) is 0 Å². The molecule has 21 heavy (non-hydrogen) atoms. The molecule has 1 aliphatic heterocycles. The van der Waals surface area contributed by atoms with E-state index in [2.05, 4.69) is 10.3 Å². The van der Waals surface area contributed by atoms with Crippen molar-refractivity contribution in [1.82, 2.24) is 5.32 Å². The van der Waals surface area contributed by atoms with Gasteiger partial charge in [0.05, 0.1) is 6.54 Å². The molecule has 0 spiro atoms. The van der Waals surface area contributed by atoms with E-state index < -0.39 is 12.7 Å². The van der Waals surface area contributed by atoms with Gasteiger partial charge in [0.15, 0.2) is 6.10 Å². The van der Waals surface area contributed by atoms with E-state index in [0.717, 1.165) is 0 Å². The van der Waals surface area contributed by atoms with Crippen molar-refractivity contribution < 1.29 is 17.9 Å². The number of nitrogens with one attached hydrogen (secondary N) is 1. The van der Waals surface area contributed by atoms with Crippen molar-refractivity contribution in [3.05, 3.63) is 23.8 Å². The molecule has 1 atom stereocenters. The van der Waals surface area contributed by atoms with E-state index >= 15 is 0 Å². The lowest BCUT2D eigenvalue weighted by molar-refractivity contribution is -0.125. The minimum atomic E-state index is -4.21. The molecule has 2 rings (SSSR count). The average molecular weight is 346 g/mol. The fourth-order valence-corrected chi connectivity index (χ4v) is 1.69. The van der Waals surface area contributed by atoms with Crippen LogP contribution in [-0.4, -0.2) is 24.7 Å². The van der Waals surface area contributed by atoms with Crippen molar-refractivity contribution in [2.24, 2.45) is 10.7 Å². The monoisotopic (exact) mass is 345 g/mol. The lowest BCUT2D eigenvalue weighted by atomic mass is 10.1. The molecule has 1 aliphatic rings. The molecule has 0 amide bonds. The number of amidine groups is 1. The number of halogens is 5. The number of alkyl halides is 3. The van der Waals surface area contributed by atoms with Gasteiger partial charge in [-0.15, -0.1) is 24.8 Å². The van der Waals surface area contributed by atoms with Crippen LogP contribution in [0.4, 0.5) is 18.9 Å². The summed E-state index contributed by atoms with van der Waals surface area (Å²) in [6, 6.07) is 5.05. The standard InChI is InChI=1S/C12H14F3N3O.2ClH/c1-7-11(16)18-9-4-8(2-3-10(9)19-7)5-17-6-12(13,14)15;;/h2-4,7,17H,5-6H2,1H3,(H2,16,18);2*1H/t7-;;/m1../s1. The summed E-state index contributed by atoms with van der Waals surface area (Å²) < 4.78 is 41.5. The molecule has 0 aliphatic carbocycles. The first kappa shape index (κ1) is 19.8. The van der Waals surface area contributed by atoms with Crippen molar-refractivity contribution in [3.63, 3.8) is 0 Å². The van der Waals surface area contributed by atoms with Crippen molar-refractivity contribution in [2.75, 3.05) is 6.54 Å². The first-order valence-electron chi connectivity index (χ1n) is 5.76. The van der Waals surface area contributed by atoms with Crippen molar-refractivity contribution in [2.45, 2.75) is 25.7 Å². The molecule has 120 valence electrons. The predicted molar refractivity (Wildman–Crippen MR) is 80.1 cm³/mol. The second-order valence-corrected chi connectivity index (χ2v) is 4.32. The summed E-state index contributed by atoms with van der Waals surface area (Å²) in [5.41, 5.74) is 6.90. The minimum Gasteiger partial charge on any atom is -0.481 e. The Morgan fingerprint density at radius 2 is 2.00 bits per heavy atom. The van der Waals surface area contributed by atoms with E-state index in [4.69, 9.17) is 10.5 Å². The van der Waals surface area contributed by atoms with Crippen LogP contribution in [-0.2, 0) is 6.54 Å². The number of hydrogen-bond donors (Lipinski definition) is 2. The Hall–Kier alpha value is -1.18. The van der Waals surface area contributed by atoms with Gasteiger partial charge in [0, 0.05) is 6.54 Å². The van der Waals surface area contributed by atoms with Crippen molar-refractivity contribution >= 4 is 36.3 Å². The number of nitrogens with two attached hydrogens (primary N) is 1. The van der Waals surface area contributed by atoms with Gasteiger partial charge < -0.3 is 15.8 Å². The fourth-order valence-electron chi connectivity index (χ4n) is 1.69. The Labute approximate surface area is 132 Å². The second-order valence-electron chi connectivity index (χ2n) is 4.32. The van der Waals surface area contributed by atoms with Gasteiger partial charge in [-0.05, 0) is 24.6 Å². The van der Waals surface area contributed by atoms with Crippen LogP contribution in [0.25, 0.3) is 0 Å². The third kappa shape index (κ3) is 5.61. The van der Waals surface area contributed by atoms with Crippen molar-refractivity contribution in [3.8, 4) is 5.75 Å². The average Bonchev–Trinajstić information content (AvgIpc) is 2.29. The number of ether oxygens (including phenoxy) is 1. The molecule has 4 nitrogen and oxygen atoms in total. The number of aliphatic imine (C=N–C) groups is 1. The topological polar surface area (TPSA) is 59.6 Å². The molecule has 1 heterocycles. The number of fused-ring (bicyclic) bond motifs is 1. The zero-order valence-corrected chi connectivity index (χ0v) is 12.7. The molecule has 0 saturated carbocycles. The first-order valence-corrected chi connectivity index (χ1v) is 5.76. The molecular weight excluding hydrogens is 330 g/mol. The Kier molecular flexibility index (Phi) is 7.29. The molecule has 0 unspecified atom stereocenters. The lowest BCUT2D eigenvalue weighted by Crippen LogP contribution is -2.33. The quantitative estimate of drug-likeness (QED) is 0.885. The molecule has 0 fully saturated rings. The van der Waals surface area contributed by atoms with Gasteiger partial charge in [-0.2, -0.15) is 13.2 Å². The Morgan fingerprint density at radius 1 is 1.33 bits per heavy atom. The highest BCUT2D eigenvalue weighted by Gasteiger charge is 2.26. The molecule has 0 aromatic heterocycles. The SMILES string of the molecule is C[C@H]1Oc2ccc(CNCC(F)(F)F)cc2N=C1N.Cl.Cl. The highest BCUT2D eigenvalue weighted by molar-refractivity contribution is 5.89. The van der Waals surface area contributed by atoms with Gasteiger partial charge in [-0.3, -0.25) is 0 Å². The molecule has 1 aromatic carbocycles. The van der Waals surface area contributed by atoms with E-state index in [1.54, 1.807) is 25.1 Å². The molecule has 1 aromatic rings. The van der Waals surface area contributed by atoms with Gasteiger partial charge in [0.2, 0.25) is 0 Å². The maximum Gasteiger partial charge on any atom is 0.401 e. The largest absolute Gasteiger partial charge is 0.481 e. The summed E-state index contributed by atoms with van der Waals surface area (Å²) in [5, 5.41) is 2.32. The summed E-state index contributed by atoms with van der Waals surface area (Å²) >= 11 is 0. The van der Waals surface area contributed by atoms with Gasteiger partial charge in [-0.25, -0.2) is 4.99 Å². The first-order chi connectivity index (χ1) is 8.85. The summed E-state index contributed by atoms with van der Waals surface area (Å²) in [7, 11) is 0. The third-order valence-corrected chi connectivity index (χ3v) is 2.65. The van der Waals surface area contributed by atoms with Crippen LogP contribution in [0.15, 0.2) is 23.2 Å². The smallest absolute Gasteiger partial charge is 0.401 e. The minimum absolute atomic E-state index is 0. The van der Waals surface area contributed by atoms with Crippen LogP contribution in [0.1, 0.15) is 12.5 Å². The fraction of sp³-hybridized carbons (Fsp3) is 0.417. The van der Waals surface area contributed by atoms with Gasteiger partial charge in [-0.1, -0.05) is 6.07 Å². The van der Waals surface area contributed by atoms with Crippen molar-refractivity contribution in [1.29, 1.82) is 0 Å². The molecule has 0 saturated heterocycles. The maximum absolute atomic E-state index is 12.0. The molecule has 0 bridgehead atoms. The summed E-state index contributed by atoms with van der Waals surface area (Å²) in [4.78, 5) is 4.16. The van der Waals surface area contributed by atoms with E-state index in [1.807, 2.05) is 0 Å². The third-order valence-electron chi connectivity index (χ3n) is 2.65.